The van der Waals surface area contributed by atoms with Crippen molar-refractivity contribution >= 4 is 17.6 Å². The van der Waals surface area contributed by atoms with E-state index in [9.17, 15) is 20.1 Å². The van der Waals surface area contributed by atoms with E-state index in [-0.39, 0.29) is 5.56 Å². The van der Waals surface area contributed by atoms with E-state index < -0.39 is 43.3 Å². The molecule has 1 heterocycles. The molecule has 1 aliphatic heterocycles. The third-order valence-electron chi connectivity index (χ3n) is 4.14. The molecule has 1 aliphatic rings. The Balaban J connectivity index is 1.76. The number of para-hydroxylation sites is 1. The van der Waals surface area contributed by atoms with Gasteiger partial charge in [-0.05, 0) is 36.4 Å². The minimum absolute atomic E-state index is 0.200. The highest BCUT2D eigenvalue weighted by Crippen LogP contribution is 2.27. The molecule has 0 saturated carbocycles. The standard InChI is InChI=1S/C19H19ClO7/c20-12-8-6-11(7-9-12)18(24)27-17-15(22)14(10-21)26-19(16(17)23)25-13-4-2-1-3-5-13/h1-9,14-17,19,21-23H,10H2/t14-,15+,16-,17+,19-/m1/s1. The average Bonchev–Trinajstić information content (AvgIpc) is 2.68. The van der Waals surface area contributed by atoms with Crippen molar-refractivity contribution in [3.63, 3.8) is 0 Å². The predicted molar refractivity (Wildman–Crippen MR) is 95.5 cm³/mol. The molecule has 27 heavy (non-hydrogen) atoms. The second-order valence-electron chi connectivity index (χ2n) is 6.01. The lowest BCUT2D eigenvalue weighted by molar-refractivity contribution is -0.276. The lowest BCUT2D eigenvalue weighted by Crippen LogP contribution is -2.61. The number of aliphatic hydroxyl groups excluding tert-OH is 3. The molecule has 3 N–H and O–H groups in total. The first kappa shape index (κ1) is 19.6. The van der Waals surface area contributed by atoms with Crippen molar-refractivity contribution in [2.75, 3.05) is 6.61 Å². The SMILES string of the molecule is O=C(O[C@H]1[C@@H](O)[C@@H](CO)O[C@@H](Oc2ccccc2)[C@@H]1O)c1ccc(Cl)cc1. The predicted octanol–water partition coefficient (Wildman–Crippen LogP) is 1.38. The van der Waals surface area contributed by atoms with Gasteiger partial charge in [-0.15, -0.1) is 0 Å². The number of carbonyl (C=O) groups excluding carboxylic acids is 1. The molecule has 0 aromatic heterocycles. The number of hydrogen-bond donors (Lipinski definition) is 3. The molecule has 0 spiro atoms. The number of esters is 1. The number of ether oxygens (including phenoxy) is 3. The number of halogens is 1. The van der Waals surface area contributed by atoms with E-state index in [1.165, 1.54) is 24.3 Å². The van der Waals surface area contributed by atoms with Crippen LogP contribution in [0.4, 0.5) is 0 Å². The van der Waals surface area contributed by atoms with Gasteiger partial charge in [-0.3, -0.25) is 0 Å². The number of aliphatic hydroxyl groups is 3. The Kier molecular flexibility index (Phi) is 6.30. The van der Waals surface area contributed by atoms with Crippen molar-refractivity contribution in [2.24, 2.45) is 0 Å². The molecule has 0 aliphatic carbocycles. The zero-order chi connectivity index (χ0) is 19.4. The second kappa shape index (κ2) is 8.69. The van der Waals surface area contributed by atoms with E-state index in [0.29, 0.717) is 10.8 Å². The minimum Gasteiger partial charge on any atom is -0.462 e. The minimum atomic E-state index is -1.47. The molecular weight excluding hydrogens is 376 g/mol. The van der Waals surface area contributed by atoms with Gasteiger partial charge < -0.3 is 29.5 Å². The Hall–Kier alpha value is -2.16. The van der Waals surface area contributed by atoms with Crippen LogP contribution in [0.5, 0.6) is 5.75 Å². The summed E-state index contributed by atoms with van der Waals surface area (Å²) in [5.41, 5.74) is 0.200. The van der Waals surface area contributed by atoms with Crippen LogP contribution in [0.15, 0.2) is 54.6 Å². The Morgan fingerprint density at radius 3 is 2.33 bits per heavy atom. The van der Waals surface area contributed by atoms with Crippen molar-refractivity contribution in [2.45, 2.75) is 30.7 Å². The highest BCUT2D eigenvalue weighted by molar-refractivity contribution is 6.30. The normalized spacial score (nSPS) is 27.8. The molecule has 0 unspecified atom stereocenters. The molecule has 3 rings (SSSR count). The topological polar surface area (TPSA) is 105 Å². The lowest BCUT2D eigenvalue weighted by Gasteiger charge is -2.41. The Morgan fingerprint density at radius 1 is 1.04 bits per heavy atom. The molecule has 0 bridgehead atoms. The summed E-state index contributed by atoms with van der Waals surface area (Å²) in [6.45, 7) is -0.544. The van der Waals surface area contributed by atoms with Gasteiger partial charge in [0.15, 0.2) is 12.2 Å². The van der Waals surface area contributed by atoms with E-state index in [1.54, 1.807) is 30.3 Å². The van der Waals surface area contributed by atoms with Crippen LogP contribution in [0, 0.1) is 0 Å². The largest absolute Gasteiger partial charge is 0.462 e. The maximum atomic E-state index is 12.3. The summed E-state index contributed by atoms with van der Waals surface area (Å²) >= 11 is 5.80. The molecule has 2 aromatic carbocycles. The van der Waals surface area contributed by atoms with E-state index in [0.717, 1.165) is 0 Å². The summed E-state index contributed by atoms with van der Waals surface area (Å²) in [5.74, 6) is -0.343. The van der Waals surface area contributed by atoms with E-state index in [1.807, 2.05) is 0 Å². The van der Waals surface area contributed by atoms with Crippen molar-refractivity contribution in [3.05, 3.63) is 65.2 Å². The third kappa shape index (κ3) is 4.58. The number of hydrogen-bond acceptors (Lipinski definition) is 7. The zero-order valence-corrected chi connectivity index (χ0v) is 14.9. The van der Waals surface area contributed by atoms with Gasteiger partial charge in [-0.25, -0.2) is 4.79 Å². The van der Waals surface area contributed by atoms with Crippen molar-refractivity contribution in [3.8, 4) is 5.75 Å². The summed E-state index contributed by atoms with van der Waals surface area (Å²) in [6.07, 6.45) is -6.59. The van der Waals surface area contributed by atoms with Crippen molar-refractivity contribution in [1.29, 1.82) is 0 Å². The van der Waals surface area contributed by atoms with Crippen LogP contribution >= 0.6 is 11.6 Å². The Bertz CT molecular complexity index is 752. The second-order valence-corrected chi connectivity index (χ2v) is 6.45. The Labute approximate surface area is 160 Å². The first-order valence-electron chi connectivity index (χ1n) is 8.30. The van der Waals surface area contributed by atoms with Gasteiger partial charge in [0.25, 0.3) is 0 Å². The quantitative estimate of drug-likeness (QED) is 0.658. The molecule has 144 valence electrons. The molecule has 1 fully saturated rings. The van der Waals surface area contributed by atoms with Gasteiger partial charge in [0, 0.05) is 5.02 Å². The van der Waals surface area contributed by atoms with Crippen LogP contribution in [0.1, 0.15) is 10.4 Å². The van der Waals surface area contributed by atoms with Crippen LogP contribution in [-0.4, -0.2) is 58.6 Å². The molecule has 0 amide bonds. The summed E-state index contributed by atoms with van der Waals surface area (Å²) in [7, 11) is 0. The first-order chi connectivity index (χ1) is 13.0. The molecule has 0 radical (unpaired) electrons. The van der Waals surface area contributed by atoms with Gasteiger partial charge >= 0.3 is 5.97 Å². The first-order valence-corrected chi connectivity index (χ1v) is 8.68. The molecule has 5 atom stereocenters. The lowest BCUT2D eigenvalue weighted by atomic mass is 9.99. The average molecular weight is 395 g/mol. The molecule has 1 saturated heterocycles. The van der Waals surface area contributed by atoms with Crippen LogP contribution in [0.3, 0.4) is 0 Å². The smallest absolute Gasteiger partial charge is 0.338 e. The monoisotopic (exact) mass is 394 g/mol. The van der Waals surface area contributed by atoms with Gasteiger partial charge in [0.2, 0.25) is 6.29 Å². The number of benzene rings is 2. The molecule has 7 nitrogen and oxygen atoms in total. The summed E-state index contributed by atoms with van der Waals surface area (Å²) in [5, 5.41) is 30.8. The van der Waals surface area contributed by atoms with Crippen LogP contribution in [0.25, 0.3) is 0 Å². The van der Waals surface area contributed by atoms with Crippen LogP contribution < -0.4 is 4.74 Å². The summed E-state index contributed by atoms with van der Waals surface area (Å²) < 4.78 is 16.3. The maximum absolute atomic E-state index is 12.3. The van der Waals surface area contributed by atoms with E-state index in [2.05, 4.69) is 0 Å². The number of rotatable bonds is 5. The van der Waals surface area contributed by atoms with Crippen LogP contribution in [0.2, 0.25) is 5.02 Å². The maximum Gasteiger partial charge on any atom is 0.338 e. The van der Waals surface area contributed by atoms with Crippen molar-refractivity contribution in [1.82, 2.24) is 0 Å². The zero-order valence-electron chi connectivity index (χ0n) is 14.1. The third-order valence-corrected chi connectivity index (χ3v) is 4.39. The van der Waals surface area contributed by atoms with Crippen LogP contribution in [-0.2, 0) is 9.47 Å². The number of carbonyl (C=O) groups is 1. The molecular formula is C19H19ClO7. The highest BCUT2D eigenvalue weighted by Gasteiger charge is 2.48. The Morgan fingerprint density at radius 2 is 1.70 bits per heavy atom. The summed E-state index contributed by atoms with van der Waals surface area (Å²) in [6, 6.07) is 14.5. The van der Waals surface area contributed by atoms with Gasteiger partial charge in [0.1, 0.15) is 18.0 Å². The fourth-order valence-electron chi connectivity index (χ4n) is 2.70. The summed E-state index contributed by atoms with van der Waals surface area (Å²) in [4.78, 5) is 12.3. The van der Waals surface area contributed by atoms with Gasteiger partial charge in [0.05, 0.1) is 12.2 Å². The molecule has 2 aromatic rings. The fourth-order valence-corrected chi connectivity index (χ4v) is 2.83. The van der Waals surface area contributed by atoms with Gasteiger partial charge in [-0.2, -0.15) is 0 Å². The molecule has 8 heteroatoms. The van der Waals surface area contributed by atoms with Crippen molar-refractivity contribution < 1.29 is 34.3 Å². The fraction of sp³-hybridized carbons (Fsp3) is 0.316. The van der Waals surface area contributed by atoms with E-state index >= 15 is 0 Å². The van der Waals surface area contributed by atoms with Gasteiger partial charge in [-0.1, -0.05) is 29.8 Å². The van der Waals surface area contributed by atoms with E-state index in [4.69, 9.17) is 25.8 Å². The highest BCUT2D eigenvalue weighted by atomic mass is 35.5.